The van der Waals surface area contributed by atoms with Crippen molar-refractivity contribution in [2.45, 2.75) is 19.5 Å². The second-order valence-electron chi connectivity index (χ2n) is 2.99. The summed E-state index contributed by atoms with van der Waals surface area (Å²) in [6.45, 7) is -3.06. The lowest BCUT2D eigenvalue weighted by atomic mass is 10.1. The minimum Gasteiger partial charge on any atom is -0.481 e. The molecule has 0 atom stereocenters. The van der Waals surface area contributed by atoms with Crippen molar-refractivity contribution in [1.82, 2.24) is 0 Å². The molecule has 3 nitrogen and oxygen atoms in total. The van der Waals surface area contributed by atoms with Gasteiger partial charge in [-0.1, -0.05) is 6.07 Å². The number of aliphatic carboxylic acids is 1. The molecule has 0 radical (unpaired) electrons. The molecule has 0 saturated heterocycles. The summed E-state index contributed by atoms with van der Waals surface area (Å²) in [4.78, 5) is 10.3. The lowest BCUT2D eigenvalue weighted by molar-refractivity contribution is -0.136. The van der Waals surface area contributed by atoms with Crippen molar-refractivity contribution < 1.29 is 27.8 Å². The Hall–Kier alpha value is -1.72. The van der Waals surface area contributed by atoms with Crippen LogP contribution in [0.15, 0.2) is 18.2 Å². The van der Waals surface area contributed by atoms with Gasteiger partial charge >= 0.3 is 12.6 Å². The number of hydrogen-bond donors (Lipinski definition) is 1. The third-order valence-corrected chi connectivity index (χ3v) is 1.88. The molecule has 0 spiro atoms. The van der Waals surface area contributed by atoms with E-state index in [-0.39, 0.29) is 24.2 Å². The molecule has 0 aromatic heterocycles. The molecule has 1 aromatic rings. The number of hydrogen-bond acceptors (Lipinski definition) is 2. The van der Waals surface area contributed by atoms with Crippen LogP contribution in [0.3, 0.4) is 0 Å². The summed E-state index contributed by atoms with van der Waals surface area (Å²) < 4.78 is 41.3. The lowest BCUT2D eigenvalue weighted by Gasteiger charge is -2.10. The van der Waals surface area contributed by atoms with Gasteiger partial charge in [-0.05, 0) is 18.6 Å². The fraction of sp³-hybridized carbons (Fsp3) is 0.300. The molecular formula is C10H9F3O3. The van der Waals surface area contributed by atoms with Gasteiger partial charge in [-0.3, -0.25) is 4.79 Å². The van der Waals surface area contributed by atoms with Crippen LogP contribution in [-0.4, -0.2) is 17.7 Å². The molecule has 0 aliphatic heterocycles. The highest BCUT2D eigenvalue weighted by atomic mass is 19.3. The van der Waals surface area contributed by atoms with Crippen LogP contribution in [0.5, 0.6) is 5.75 Å². The fourth-order valence-corrected chi connectivity index (χ4v) is 1.22. The Balaban J connectivity index is 2.89. The van der Waals surface area contributed by atoms with Crippen LogP contribution in [0, 0.1) is 5.82 Å². The lowest BCUT2D eigenvalue weighted by Crippen LogP contribution is -2.07. The third kappa shape index (κ3) is 3.45. The summed E-state index contributed by atoms with van der Waals surface area (Å²) in [7, 11) is 0. The summed E-state index contributed by atoms with van der Waals surface area (Å²) in [5.74, 6) is -2.21. The van der Waals surface area contributed by atoms with Gasteiger partial charge in [-0.2, -0.15) is 8.78 Å². The van der Waals surface area contributed by atoms with Crippen LogP contribution in [0.4, 0.5) is 13.2 Å². The van der Waals surface area contributed by atoms with Crippen molar-refractivity contribution >= 4 is 5.97 Å². The van der Waals surface area contributed by atoms with E-state index in [4.69, 9.17) is 5.11 Å². The molecule has 6 heteroatoms. The van der Waals surface area contributed by atoms with Crippen LogP contribution in [-0.2, 0) is 11.2 Å². The Kier molecular flexibility index (Phi) is 4.16. The first-order valence-corrected chi connectivity index (χ1v) is 4.44. The van der Waals surface area contributed by atoms with Gasteiger partial charge in [0.2, 0.25) is 0 Å². The second kappa shape index (κ2) is 5.39. The average Bonchev–Trinajstić information content (AvgIpc) is 2.15. The number of rotatable bonds is 5. The highest BCUT2D eigenvalue weighted by molar-refractivity contribution is 5.67. The quantitative estimate of drug-likeness (QED) is 0.851. The van der Waals surface area contributed by atoms with Crippen LogP contribution >= 0.6 is 0 Å². The molecular weight excluding hydrogens is 225 g/mol. The predicted molar refractivity (Wildman–Crippen MR) is 49.0 cm³/mol. The maximum atomic E-state index is 13.2. The largest absolute Gasteiger partial charge is 0.481 e. The fourth-order valence-electron chi connectivity index (χ4n) is 1.22. The van der Waals surface area contributed by atoms with Gasteiger partial charge in [0.05, 0.1) is 0 Å². The van der Waals surface area contributed by atoms with Crippen molar-refractivity contribution in [3.63, 3.8) is 0 Å². The van der Waals surface area contributed by atoms with Gasteiger partial charge < -0.3 is 9.84 Å². The minimum absolute atomic E-state index is 0.148. The zero-order valence-electron chi connectivity index (χ0n) is 8.12. The molecule has 0 heterocycles. The number of ether oxygens (including phenoxy) is 1. The molecule has 88 valence electrons. The standard InChI is InChI=1S/C10H9F3O3/c11-7-2-1-3-8(16-10(12)13)6(7)4-5-9(14)15/h1-3,10H,4-5H2,(H,14,15). The molecule has 0 amide bonds. The number of carboxylic acids is 1. The van der Waals surface area contributed by atoms with E-state index in [1.54, 1.807) is 0 Å². The summed E-state index contributed by atoms with van der Waals surface area (Å²) in [5.41, 5.74) is -0.148. The molecule has 16 heavy (non-hydrogen) atoms. The van der Waals surface area contributed by atoms with Gasteiger partial charge in [0.15, 0.2) is 0 Å². The van der Waals surface area contributed by atoms with Crippen LogP contribution < -0.4 is 4.74 Å². The molecule has 0 unspecified atom stereocenters. The smallest absolute Gasteiger partial charge is 0.387 e. The minimum atomic E-state index is -3.06. The van der Waals surface area contributed by atoms with Crippen molar-refractivity contribution in [2.75, 3.05) is 0 Å². The van der Waals surface area contributed by atoms with Gasteiger partial charge in [-0.25, -0.2) is 4.39 Å². The number of carbonyl (C=O) groups is 1. The molecule has 0 aliphatic rings. The van der Waals surface area contributed by atoms with Crippen LogP contribution in [0.2, 0.25) is 0 Å². The topological polar surface area (TPSA) is 46.5 Å². The molecule has 0 saturated carbocycles. The summed E-state index contributed by atoms with van der Waals surface area (Å²) in [6, 6.07) is 3.46. The predicted octanol–water partition coefficient (Wildman–Crippen LogP) is 2.44. The Morgan fingerprint density at radius 1 is 1.44 bits per heavy atom. The zero-order chi connectivity index (χ0) is 12.1. The Morgan fingerprint density at radius 3 is 2.69 bits per heavy atom. The van der Waals surface area contributed by atoms with Crippen LogP contribution in [0.25, 0.3) is 0 Å². The maximum Gasteiger partial charge on any atom is 0.387 e. The average molecular weight is 234 g/mol. The van der Waals surface area contributed by atoms with Crippen molar-refractivity contribution in [1.29, 1.82) is 0 Å². The van der Waals surface area contributed by atoms with E-state index in [1.807, 2.05) is 0 Å². The molecule has 0 fully saturated rings. The van der Waals surface area contributed by atoms with Gasteiger partial charge in [0.25, 0.3) is 0 Å². The highest BCUT2D eigenvalue weighted by Crippen LogP contribution is 2.24. The molecule has 1 N–H and O–H groups in total. The van der Waals surface area contributed by atoms with Gasteiger partial charge in [0, 0.05) is 12.0 Å². The molecule has 1 aromatic carbocycles. The van der Waals surface area contributed by atoms with E-state index in [1.165, 1.54) is 12.1 Å². The van der Waals surface area contributed by atoms with E-state index in [9.17, 15) is 18.0 Å². The first-order valence-electron chi connectivity index (χ1n) is 4.44. The Labute approximate surface area is 89.5 Å². The van der Waals surface area contributed by atoms with Gasteiger partial charge in [0.1, 0.15) is 11.6 Å². The van der Waals surface area contributed by atoms with E-state index < -0.39 is 18.4 Å². The normalized spacial score (nSPS) is 10.5. The van der Waals surface area contributed by atoms with Crippen LogP contribution in [0.1, 0.15) is 12.0 Å². The molecule has 0 aliphatic carbocycles. The first-order chi connectivity index (χ1) is 7.50. The monoisotopic (exact) mass is 234 g/mol. The first kappa shape index (κ1) is 12.4. The Morgan fingerprint density at radius 2 is 2.12 bits per heavy atom. The highest BCUT2D eigenvalue weighted by Gasteiger charge is 2.14. The Bertz CT molecular complexity index is 380. The van der Waals surface area contributed by atoms with E-state index in [0.717, 1.165) is 6.07 Å². The molecule has 0 bridgehead atoms. The second-order valence-corrected chi connectivity index (χ2v) is 2.99. The van der Waals surface area contributed by atoms with Crippen molar-refractivity contribution in [3.8, 4) is 5.75 Å². The van der Waals surface area contributed by atoms with Crippen molar-refractivity contribution in [3.05, 3.63) is 29.6 Å². The zero-order valence-corrected chi connectivity index (χ0v) is 8.12. The van der Waals surface area contributed by atoms with Crippen molar-refractivity contribution in [2.24, 2.45) is 0 Å². The van der Waals surface area contributed by atoms with Gasteiger partial charge in [-0.15, -0.1) is 0 Å². The number of benzene rings is 1. The number of halogens is 3. The summed E-state index contributed by atoms with van der Waals surface area (Å²) in [6.07, 6.45) is -0.537. The third-order valence-electron chi connectivity index (χ3n) is 1.88. The summed E-state index contributed by atoms with van der Waals surface area (Å²) in [5, 5.41) is 8.43. The number of alkyl halides is 2. The number of carboxylic acid groups (broad SMARTS) is 1. The van der Waals surface area contributed by atoms with E-state index in [0.29, 0.717) is 0 Å². The SMILES string of the molecule is O=C(O)CCc1c(F)cccc1OC(F)F. The maximum absolute atomic E-state index is 13.2. The van der Waals surface area contributed by atoms with E-state index in [2.05, 4.69) is 4.74 Å². The van der Waals surface area contributed by atoms with E-state index >= 15 is 0 Å². The molecule has 1 rings (SSSR count). The summed E-state index contributed by atoms with van der Waals surface area (Å²) >= 11 is 0.